The van der Waals surface area contributed by atoms with Gasteiger partial charge >= 0.3 is 0 Å². The number of nitrogens with zero attached hydrogens (tertiary/aromatic N) is 1. The van der Waals surface area contributed by atoms with E-state index in [1.807, 2.05) is 24.3 Å². The van der Waals surface area contributed by atoms with Crippen LogP contribution in [0, 0.1) is 0 Å². The Morgan fingerprint density at radius 2 is 1.55 bits per heavy atom. The molecule has 1 heterocycles. The maximum atomic E-state index is 5.79. The second-order valence-electron chi connectivity index (χ2n) is 6.30. The van der Waals surface area contributed by atoms with E-state index in [4.69, 9.17) is 11.5 Å². The molecule has 1 aliphatic heterocycles. The molecule has 1 saturated heterocycles. The highest BCUT2D eigenvalue weighted by Crippen LogP contribution is 2.27. The second kappa shape index (κ2) is 6.84. The Morgan fingerprint density at radius 3 is 2.23 bits per heavy atom. The van der Waals surface area contributed by atoms with Crippen molar-refractivity contribution < 1.29 is 0 Å². The van der Waals surface area contributed by atoms with Crippen LogP contribution in [-0.4, -0.2) is 24.5 Å². The average Bonchev–Trinajstić information content (AvgIpc) is 2.55. The van der Waals surface area contributed by atoms with Crippen molar-refractivity contribution in [1.82, 2.24) is 4.90 Å². The van der Waals surface area contributed by atoms with E-state index < -0.39 is 0 Å². The molecule has 0 radical (unpaired) electrons. The molecule has 1 unspecified atom stereocenters. The van der Waals surface area contributed by atoms with Crippen LogP contribution in [0.4, 0.5) is 11.4 Å². The highest BCUT2D eigenvalue weighted by Gasteiger charge is 2.20. The summed E-state index contributed by atoms with van der Waals surface area (Å²) in [4.78, 5) is 2.58. The molecule has 4 N–H and O–H groups in total. The van der Waals surface area contributed by atoms with Crippen LogP contribution in [0.3, 0.4) is 0 Å². The van der Waals surface area contributed by atoms with Gasteiger partial charge in [0.05, 0.1) is 0 Å². The normalized spacial score (nSPS) is 19.2. The van der Waals surface area contributed by atoms with E-state index in [0.29, 0.717) is 5.92 Å². The van der Waals surface area contributed by atoms with Gasteiger partial charge in [-0.2, -0.15) is 0 Å². The Kier molecular flexibility index (Phi) is 4.64. The minimum atomic E-state index is 0.640. The lowest BCUT2D eigenvalue weighted by atomic mass is 9.90. The van der Waals surface area contributed by atoms with Gasteiger partial charge in [0, 0.05) is 24.5 Å². The van der Waals surface area contributed by atoms with E-state index >= 15 is 0 Å². The first kappa shape index (κ1) is 14.9. The van der Waals surface area contributed by atoms with E-state index in [1.165, 1.54) is 30.5 Å². The summed E-state index contributed by atoms with van der Waals surface area (Å²) in [5, 5.41) is 0. The third kappa shape index (κ3) is 3.80. The highest BCUT2D eigenvalue weighted by molar-refractivity contribution is 5.40. The molecular formula is C19H25N3. The van der Waals surface area contributed by atoms with Crippen molar-refractivity contribution in [1.29, 1.82) is 0 Å². The standard InChI is InChI=1S/C19H25N3/c20-18-7-3-15(4-8-18)11-13-22-12-1-2-17(14-22)16-5-9-19(21)10-6-16/h3-10,17H,1-2,11-14,20-21H2. The summed E-state index contributed by atoms with van der Waals surface area (Å²) in [5.41, 5.74) is 16.0. The van der Waals surface area contributed by atoms with E-state index in [0.717, 1.165) is 30.9 Å². The Labute approximate surface area is 132 Å². The number of anilines is 2. The van der Waals surface area contributed by atoms with E-state index in [-0.39, 0.29) is 0 Å². The number of nitrogens with two attached hydrogens (primary N) is 2. The van der Waals surface area contributed by atoms with Crippen LogP contribution in [-0.2, 0) is 6.42 Å². The van der Waals surface area contributed by atoms with Gasteiger partial charge < -0.3 is 16.4 Å². The fourth-order valence-corrected chi connectivity index (χ4v) is 3.27. The van der Waals surface area contributed by atoms with Crippen LogP contribution in [0.2, 0.25) is 0 Å². The Balaban J connectivity index is 1.56. The summed E-state index contributed by atoms with van der Waals surface area (Å²) in [5.74, 6) is 0.640. The lowest BCUT2D eigenvalue weighted by Crippen LogP contribution is -2.35. The maximum absolute atomic E-state index is 5.79. The third-order valence-corrected chi connectivity index (χ3v) is 4.61. The number of hydrogen-bond acceptors (Lipinski definition) is 3. The molecule has 22 heavy (non-hydrogen) atoms. The summed E-state index contributed by atoms with van der Waals surface area (Å²) in [6.07, 6.45) is 3.65. The van der Waals surface area contributed by atoms with Crippen molar-refractivity contribution in [2.75, 3.05) is 31.1 Å². The smallest absolute Gasteiger partial charge is 0.0314 e. The number of nitrogen functional groups attached to an aromatic ring is 2. The largest absolute Gasteiger partial charge is 0.399 e. The second-order valence-corrected chi connectivity index (χ2v) is 6.30. The lowest BCUT2D eigenvalue weighted by molar-refractivity contribution is 0.210. The zero-order valence-corrected chi connectivity index (χ0v) is 13.0. The summed E-state index contributed by atoms with van der Waals surface area (Å²) in [6, 6.07) is 16.6. The first-order valence-corrected chi connectivity index (χ1v) is 8.13. The molecule has 0 bridgehead atoms. The molecule has 1 aliphatic rings. The lowest BCUT2D eigenvalue weighted by Gasteiger charge is -2.33. The summed E-state index contributed by atoms with van der Waals surface area (Å²) in [7, 11) is 0. The molecule has 0 amide bonds. The topological polar surface area (TPSA) is 55.3 Å². The van der Waals surface area contributed by atoms with Gasteiger partial charge in [0.25, 0.3) is 0 Å². The number of piperidine rings is 1. The average molecular weight is 295 g/mol. The third-order valence-electron chi connectivity index (χ3n) is 4.61. The Bertz CT molecular complexity index is 589. The molecule has 3 nitrogen and oxygen atoms in total. The minimum Gasteiger partial charge on any atom is -0.399 e. The van der Waals surface area contributed by atoms with Crippen molar-refractivity contribution in [2.45, 2.75) is 25.2 Å². The zero-order chi connectivity index (χ0) is 15.4. The molecular weight excluding hydrogens is 270 g/mol. The van der Waals surface area contributed by atoms with E-state index in [9.17, 15) is 0 Å². The Hall–Kier alpha value is -2.00. The van der Waals surface area contributed by atoms with Gasteiger partial charge in [-0.05, 0) is 67.1 Å². The summed E-state index contributed by atoms with van der Waals surface area (Å²) >= 11 is 0. The van der Waals surface area contributed by atoms with Crippen molar-refractivity contribution in [3.63, 3.8) is 0 Å². The quantitative estimate of drug-likeness (QED) is 0.851. The maximum Gasteiger partial charge on any atom is 0.0314 e. The predicted octanol–water partition coefficient (Wildman–Crippen LogP) is 3.27. The number of hydrogen-bond donors (Lipinski definition) is 2. The molecule has 2 aromatic rings. The molecule has 0 saturated carbocycles. The van der Waals surface area contributed by atoms with Crippen LogP contribution in [0.15, 0.2) is 48.5 Å². The van der Waals surface area contributed by atoms with Crippen molar-refractivity contribution in [2.24, 2.45) is 0 Å². The molecule has 116 valence electrons. The van der Waals surface area contributed by atoms with Crippen LogP contribution < -0.4 is 11.5 Å². The van der Waals surface area contributed by atoms with Crippen LogP contribution >= 0.6 is 0 Å². The minimum absolute atomic E-state index is 0.640. The molecule has 0 aromatic heterocycles. The molecule has 1 fully saturated rings. The highest BCUT2D eigenvalue weighted by atomic mass is 15.1. The number of benzene rings is 2. The molecule has 0 aliphatic carbocycles. The van der Waals surface area contributed by atoms with Crippen LogP contribution in [0.25, 0.3) is 0 Å². The van der Waals surface area contributed by atoms with Crippen molar-refractivity contribution >= 4 is 11.4 Å². The fourth-order valence-electron chi connectivity index (χ4n) is 3.27. The van der Waals surface area contributed by atoms with Crippen molar-refractivity contribution in [3.8, 4) is 0 Å². The van der Waals surface area contributed by atoms with Gasteiger partial charge in [-0.1, -0.05) is 24.3 Å². The SMILES string of the molecule is Nc1ccc(CCN2CCCC(c3ccc(N)cc3)C2)cc1. The number of rotatable bonds is 4. The van der Waals surface area contributed by atoms with E-state index in [2.05, 4.69) is 29.2 Å². The van der Waals surface area contributed by atoms with Gasteiger partial charge in [-0.25, -0.2) is 0 Å². The molecule has 3 heteroatoms. The Morgan fingerprint density at radius 1 is 0.909 bits per heavy atom. The van der Waals surface area contributed by atoms with Gasteiger partial charge in [0.2, 0.25) is 0 Å². The van der Waals surface area contributed by atoms with Crippen molar-refractivity contribution in [3.05, 3.63) is 59.7 Å². The molecule has 3 rings (SSSR count). The molecule has 1 atom stereocenters. The van der Waals surface area contributed by atoms with Gasteiger partial charge in [-0.15, -0.1) is 0 Å². The van der Waals surface area contributed by atoms with Crippen LogP contribution in [0.5, 0.6) is 0 Å². The number of likely N-dealkylation sites (tertiary alicyclic amines) is 1. The van der Waals surface area contributed by atoms with Gasteiger partial charge in [0.15, 0.2) is 0 Å². The summed E-state index contributed by atoms with van der Waals surface area (Å²) in [6.45, 7) is 3.48. The van der Waals surface area contributed by atoms with E-state index in [1.54, 1.807) is 0 Å². The zero-order valence-electron chi connectivity index (χ0n) is 13.0. The predicted molar refractivity (Wildman–Crippen MR) is 93.8 cm³/mol. The first-order valence-electron chi connectivity index (χ1n) is 8.13. The van der Waals surface area contributed by atoms with Crippen LogP contribution in [0.1, 0.15) is 29.9 Å². The summed E-state index contributed by atoms with van der Waals surface area (Å²) < 4.78 is 0. The molecule has 0 spiro atoms. The van der Waals surface area contributed by atoms with Gasteiger partial charge in [-0.3, -0.25) is 0 Å². The first-order chi connectivity index (χ1) is 10.7. The fraction of sp³-hybridized carbons (Fsp3) is 0.368. The monoisotopic (exact) mass is 295 g/mol. The van der Waals surface area contributed by atoms with Gasteiger partial charge in [0.1, 0.15) is 0 Å². The molecule has 2 aromatic carbocycles.